The molecule has 1 N–H and O–H groups in total. The minimum atomic E-state index is 0.0945. The van der Waals surface area contributed by atoms with Gasteiger partial charge in [-0.1, -0.05) is 13.8 Å². The summed E-state index contributed by atoms with van der Waals surface area (Å²) in [5, 5.41) is 7.81. The van der Waals surface area contributed by atoms with Gasteiger partial charge in [-0.2, -0.15) is 5.10 Å². The predicted molar refractivity (Wildman–Crippen MR) is 75.4 cm³/mol. The molecule has 1 fully saturated rings. The molecule has 0 aromatic carbocycles. The Morgan fingerprint density at radius 2 is 2.37 bits per heavy atom. The van der Waals surface area contributed by atoms with E-state index in [1.165, 1.54) is 0 Å². The third-order valence-electron chi connectivity index (χ3n) is 3.79. The maximum absolute atomic E-state index is 12.6. The fraction of sp³-hybridized carbons (Fsp3) is 0.714. The van der Waals surface area contributed by atoms with Crippen molar-refractivity contribution in [1.82, 2.24) is 20.0 Å². The van der Waals surface area contributed by atoms with E-state index >= 15 is 0 Å². The van der Waals surface area contributed by atoms with Gasteiger partial charge in [-0.3, -0.25) is 9.48 Å². The zero-order chi connectivity index (χ0) is 14.0. The normalized spacial score (nSPS) is 19.1. The number of nitrogens with one attached hydrogen (secondary N) is 1. The van der Waals surface area contributed by atoms with E-state index in [9.17, 15) is 4.79 Å². The third kappa shape index (κ3) is 2.81. The summed E-state index contributed by atoms with van der Waals surface area (Å²) in [5.74, 6) is 0.360. The third-order valence-corrected chi connectivity index (χ3v) is 3.79. The molecule has 0 aliphatic carbocycles. The van der Waals surface area contributed by atoms with E-state index in [1.807, 2.05) is 29.7 Å². The zero-order valence-corrected chi connectivity index (χ0v) is 12.3. The molecule has 1 aliphatic heterocycles. The van der Waals surface area contributed by atoms with Crippen LogP contribution in [0.25, 0.3) is 0 Å². The molecule has 19 heavy (non-hydrogen) atoms. The molecule has 0 spiro atoms. The monoisotopic (exact) mass is 264 g/mol. The van der Waals surface area contributed by atoms with E-state index in [0.29, 0.717) is 6.04 Å². The average molecular weight is 264 g/mol. The smallest absolute Gasteiger partial charge is 0.257 e. The molecule has 2 rings (SSSR count). The maximum Gasteiger partial charge on any atom is 0.257 e. The van der Waals surface area contributed by atoms with Crippen LogP contribution in [-0.2, 0) is 6.54 Å². The van der Waals surface area contributed by atoms with Crippen LogP contribution in [0.1, 0.15) is 49.2 Å². The molecule has 5 heteroatoms. The van der Waals surface area contributed by atoms with E-state index in [4.69, 9.17) is 0 Å². The molecule has 0 bridgehead atoms. The van der Waals surface area contributed by atoms with Gasteiger partial charge >= 0.3 is 0 Å². The fourth-order valence-electron chi connectivity index (χ4n) is 2.52. The average Bonchev–Trinajstić information content (AvgIpc) is 3.05. The largest absolute Gasteiger partial charge is 0.337 e. The number of carbonyl (C=O) groups excluding carboxylic acids is 1. The molecule has 0 unspecified atom stereocenters. The number of carbonyl (C=O) groups is 1. The number of rotatable bonds is 4. The highest BCUT2D eigenvalue weighted by Gasteiger charge is 2.27. The van der Waals surface area contributed by atoms with Crippen molar-refractivity contribution in [2.24, 2.45) is 0 Å². The first kappa shape index (κ1) is 14.1. The van der Waals surface area contributed by atoms with Gasteiger partial charge in [0, 0.05) is 32.4 Å². The number of hydrogen-bond donors (Lipinski definition) is 1. The Kier molecular flexibility index (Phi) is 4.24. The molecule has 0 radical (unpaired) electrons. The number of hydrogen-bond acceptors (Lipinski definition) is 3. The Hall–Kier alpha value is -1.36. The van der Waals surface area contributed by atoms with Gasteiger partial charge in [0.2, 0.25) is 0 Å². The van der Waals surface area contributed by atoms with Gasteiger partial charge < -0.3 is 10.2 Å². The Morgan fingerprint density at radius 3 is 2.89 bits per heavy atom. The number of likely N-dealkylation sites (N-methyl/N-ethyl adjacent to an activating group) is 1. The first-order valence-corrected chi connectivity index (χ1v) is 7.09. The lowest BCUT2D eigenvalue weighted by molar-refractivity contribution is 0.0742. The van der Waals surface area contributed by atoms with Crippen LogP contribution in [0.15, 0.2) is 6.20 Å². The van der Waals surface area contributed by atoms with Crippen molar-refractivity contribution >= 4 is 5.91 Å². The van der Waals surface area contributed by atoms with Crippen molar-refractivity contribution in [2.75, 3.05) is 20.1 Å². The second kappa shape index (κ2) is 5.74. The SMILES string of the molecule is CCn1cc(C(=O)N(C)[C@H]2CCNC2)c(C(C)C)n1. The minimum Gasteiger partial charge on any atom is -0.337 e. The summed E-state index contributed by atoms with van der Waals surface area (Å²) in [4.78, 5) is 14.5. The molecule has 1 aromatic rings. The van der Waals surface area contributed by atoms with Gasteiger partial charge in [0.1, 0.15) is 0 Å². The lowest BCUT2D eigenvalue weighted by atomic mass is 10.0. The highest BCUT2D eigenvalue weighted by atomic mass is 16.2. The lowest BCUT2D eigenvalue weighted by Gasteiger charge is -2.23. The molecule has 106 valence electrons. The molecule has 1 aliphatic rings. The Morgan fingerprint density at radius 1 is 1.63 bits per heavy atom. The molecular formula is C14H24N4O. The van der Waals surface area contributed by atoms with E-state index in [0.717, 1.165) is 37.3 Å². The van der Waals surface area contributed by atoms with E-state index in [1.54, 1.807) is 0 Å². The number of nitrogens with zero attached hydrogens (tertiary/aromatic N) is 3. The molecular weight excluding hydrogens is 240 g/mol. The molecule has 1 amide bonds. The Bertz CT molecular complexity index is 446. The number of amides is 1. The Labute approximate surface area is 115 Å². The van der Waals surface area contributed by atoms with Gasteiger partial charge in [-0.25, -0.2) is 0 Å². The summed E-state index contributed by atoms with van der Waals surface area (Å²) in [6.45, 7) is 8.87. The maximum atomic E-state index is 12.6. The van der Waals surface area contributed by atoms with Gasteiger partial charge in [0.05, 0.1) is 11.3 Å². The van der Waals surface area contributed by atoms with Crippen molar-refractivity contribution in [3.63, 3.8) is 0 Å². The summed E-state index contributed by atoms with van der Waals surface area (Å²) in [7, 11) is 1.90. The molecule has 2 heterocycles. The summed E-state index contributed by atoms with van der Waals surface area (Å²) < 4.78 is 1.85. The molecule has 0 saturated carbocycles. The van der Waals surface area contributed by atoms with Gasteiger partial charge in [0.15, 0.2) is 0 Å². The standard InChI is InChI=1S/C14H24N4O/c1-5-18-9-12(13(16-18)10(2)3)14(19)17(4)11-6-7-15-8-11/h9-11,15H,5-8H2,1-4H3/t11-/m0/s1. The van der Waals surface area contributed by atoms with Crippen LogP contribution >= 0.6 is 0 Å². The van der Waals surface area contributed by atoms with Crippen LogP contribution in [-0.4, -0.2) is 46.8 Å². The van der Waals surface area contributed by atoms with Crippen LogP contribution in [0.3, 0.4) is 0 Å². The van der Waals surface area contributed by atoms with Crippen molar-refractivity contribution in [3.05, 3.63) is 17.5 Å². The summed E-state index contributed by atoms with van der Waals surface area (Å²) in [6.07, 6.45) is 2.91. The fourth-order valence-corrected chi connectivity index (χ4v) is 2.52. The second-order valence-electron chi connectivity index (χ2n) is 5.50. The van der Waals surface area contributed by atoms with E-state index in [-0.39, 0.29) is 11.8 Å². The van der Waals surface area contributed by atoms with Crippen LogP contribution in [0.4, 0.5) is 0 Å². The Balaban J connectivity index is 2.24. The highest BCUT2D eigenvalue weighted by molar-refractivity contribution is 5.95. The van der Waals surface area contributed by atoms with Crippen molar-refractivity contribution in [1.29, 1.82) is 0 Å². The topological polar surface area (TPSA) is 50.2 Å². The van der Waals surface area contributed by atoms with Crippen LogP contribution < -0.4 is 5.32 Å². The summed E-state index contributed by atoms with van der Waals surface area (Å²) in [6, 6.07) is 0.303. The van der Waals surface area contributed by atoms with E-state index < -0.39 is 0 Å². The van der Waals surface area contributed by atoms with Crippen LogP contribution in [0.2, 0.25) is 0 Å². The van der Waals surface area contributed by atoms with Crippen LogP contribution in [0, 0.1) is 0 Å². The van der Waals surface area contributed by atoms with Crippen molar-refractivity contribution in [2.45, 2.75) is 45.7 Å². The summed E-state index contributed by atoms with van der Waals surface area (Å²) in [5.41, 5.74) is 1.66. The van der Waals surface area contributed by atoms with Crippen LogP contribution in [0.5, 0.6) is 0 Å². The second-order valence-corrected chi connectivity index (χ2v) is 5.50. The van der Waals surface area contributed by atoms with Crippen molar-refractivity contribution < 1.29 is 4.79 Å². The lowest BCUT2D eigenvalue weighted by Crippen LogP contribution is -2.38. The van der Waals surface area contributed by atoms with Gasteiger partial charge in [0.25, 0.3) is 5.91 Å². The van der Waals surface area contributed by atoms with Gasteiger partial charge in [-0.15, -0.1) is 0 Å². The summed E-state index contributed by atoms with van der Waals surface area (Å²) >= 11 is 0. The molecule has 5 nitrogen and oxygen atoms in total. The molecule has 1 atom stereocenters. The molecule has 1 saturated heterocycles. The zero-order valence-electron chi connectivity index (χ0n) is 12.3. The minimum absolute atomic E-state index is 0.0945. The van der Waals surface area contributed by atoms with Gasteiger partial charge in [-0.05, 0) is 25.8 Å². The quantitative estimate of drug-likeness (QED) is 0.895. The van der Waals surface area contributed by atoms with E-state index in [2.05, 4.69) is 24.3 Å². The predicted octanol–water partition coefficient (Wildman–Crippen LogP) is 1.46. The first-order valence-electron chi connectivity index (χ1n) is 7.09. The first-order chi connectivity index (χ1) is 9.04. The molecule has 1 aromatic heterocycles. The highest BCUT2D eigenvalue weighted by Crippen LogP contribution is 2.20. The number of aromatic nitrogens is 2. The number of aryl methyl sites for hydroxylation is 1. The van der Waals surface area contributed by atoms with Crippen molar-refractivity contribution in [3.8, 4) is 0 Å².